The van der Waals surface area contributed by atoms with Crippen molar-refractivity contribution >= 4 is 29.3 Å². The number of amides is 3. The van der Waals surface area contributed by atoms with Crippen molar-refractivity contribution in [1.29, 1.82) is 0 Å². The molecule has 1 aromatic rings. The minimum Gasteiger partial charge on any atom is -0.465 e. The largest absolute Gasteiger partial charge is 0.465 e. The molecule has 2 rings (SSSR count). The summed E-state index contributed by atoms with van der Waals surface area (Å²) < 4.78 is 5.14. The van der Waals surface area contributed by atoms with Gasteiger partial charge in [-0.25, -0.2) is 4.79 Å². The minimum atomic E-state index is -1.13. The number of ether oxygens (including phenoxy) is 1. The zero-order valence-corrected chi connectivity index (χ0v) is 17.8. The van der Waals surface area contributed by atoms with E-state index in [-0.39, 0.29) is 24.3 Å². The van der Waals surface area contributed by atoms with Crippen LogP contribution in [0.5, 0.6) is 0 Å². The number of carbonyl (C=O) groups is 3. The fraction of sp³-hybridized carbons (Fsp3) is 0.571. The number of nitrogens with one attached hydrogen (secondary N) is 1. The Bertz CT molecular complexity index is 740. The second-order valence-corrected chi connectivity index (χ2v) is 8.60. The Morgan fingerprint density at radius 1 is 1.24 bits per heavy atom. The molecule has 8 nitrogen and oxygen atoms in total. The molecule has 1 aliphatic heterocycles. The third-order valence-electron chi connectivity index (χ3n) is 4.67. The van der Waals surface area contributed by atoms with E-state index in [1.807, 2.05) is 13.8 Å². The van der Waals surface area contributed by atoms with Gasteiger partial charge in [0.2, 0.25) is 5.91 Å². The number of rotatable bonds is 6. The fourth-order valence-corrected chi connectivity index (χ4v) is 3.41. The molecule has 0 saturated carbocycles. The maximum atomic E-state index is 13.0. The van der Waals surface area contributed by atoms with E-state index >= 15 is 0 Å². The Kier molecular flexibility index (Phi) is 7.24. The Labute approximate surface area is 171 Å². The maximum absolute atomic E-state index is 13.0. The van der Waals surface area contributed by atoms with E-state index in [0.29, 0.717) is 25.3 Å². The van der Waals surface area contributed by atoms with Crippen molar-refractivity contribution in [3.05, 3.63) is 24.3 Å². The van der Waals surface area contributed by atoms with Crippen molar-refractivity contribution in [2.24, 2.45) is 5.92 Å². The molecule has 3 amide bonds. The van der Waals surface area contributed by atoms with Crippen LogP contribution in [-0.2, 0) is 14.3 Å². The molecule has 0 radical (unpaired) electrons. The molecule has 0 bridgehead atoms. The Morgan fingerprint density at radius 2 is 1.86 bits per heavy atom. The molecule has 2 N–H and O–H groups in total. The highest BCUT2D eigenvalue weighted by Crippen LogP contribution is 2.24. The number of anilines is 2. The predicted octanol–water partition coefficient (Wildman–Crippen LogP) is 3.18. The molecule has 1 saturated heterocycles. The van der Waals surface area contributed by atoms with Gasteiger partial charge >= 0.3 is 6.09 Å². The third-order valence-corrected chi connectivity index (χ3v) is 4.67. The highest BCUT2D eigenvalue weighted by atomic mass is 16.5. The summed E-state index contributed by atoms with van der Waals surface area (Å²) in [6.07, 6.45) is -0.713. The zero-order valence-electron chi connectivity index (χ0n) is 17.8. The average molecular weight is 405 g/mol. The van der Waals surface area contributed by atoms with E-state index in [4.69, 9.17) is 4.74 Å². The summed E-state index contributed by atoms with van der Waals surface area (Å²) in [6.45, 7) is 10.3. The average Bonchev–Trinajstić information content (AvgIpc) is 2.60. The molecule has 1 aliphatic rings. The van der Waals surface area contributed by atoms with E-state index in [1.54, 1.807) is 49.9 Å². The highest BCUT2D eigenvalue weighted by molar-refractivity contribution is 5.98. The van der Waals surface area contributed by atoms with Crippen LogP contribution in [0.1, 0.15) is 41.0 Å². The van der Waals surface area contributed by atoms with Crippen LogP contribution in [0.2, 0.25) is 0 Å². The van der Waals surface area contributed by atoms with E-state index in [9.17, 15) is 19.5 Å². The van der Waals surface area contributed by atoms with Crippen molar-refractivity contribution in [3.63, 3.8) is 0 Å². The topological polar surface area (TPSA) is 99.2 Å². The van der Waals surface area contributed by atoms with Gasteiger partial charge in [-0.3, -0.25) is 14.5 Å². The van der Waals surface area contributed by atoms with Crippen LogP contribution in [0.3, 0.4) is 0 Å². The molecule has 8 heteroatoms. The maximum Gasteiger partial charge on any atom is 0.408 e. The number of hydrogen-bond acceptors (Lipinski definition) is 4. The molecule has 0 aliphatic carbocycles. The van der Waals surface area contributed by atoms with Crippen molar-refractivity contribution < 1.29 is 24.2 Å². The van der Waals surface area contributed by atoms with Crippen LogP contribution >= 0.6 is 0 Å². The normalized spacial score (nSPS) is 15.9. The molecule has 160 valence electrons. The predicted molar refractivity (Wildman–Crippen MR) is 111 cm³/mol. The number of carboxylic acid groups (broad SMARTS) is 1. The monoisotopic (exact) mass is 405 g/mol. The first-order valence-electron chi connectivity index (χ1n) is 9.82. The summed E-state index contributed by atoms with van der Waals surface area (Å²) in [5.41, 5.74) is 0.563. The summed E-state index contributed by atoms with van der Waals surface area (Å²) in [4.78, 5) is 39.7. The van der Waals surface area contributed by atoms with E-state index < -0.39 is 17.7 Å². The van der Waals surface area contributed by atoms with Crippen LogP contribution in [0.25, 0.3) is 0 Å². The Morgan fingerprint density at radius 3 is 2.34 bits per heavy atom. The zero-order chi connectivity index (χ0) is 21.8. The molecule has 29 heavy (non-hydrogen) atoms. The van der Waals surface area contributed by atoms with Crippen LogP contribution in [0, 0.1) is 5.92 Å². The lowest BCUT2D eigenvalue weighted by atomic mass is 9.96. The van der Waals surface area contributed by atoms with Crippen LogP contribution in [-0.4, -0.2) is 59.3 Å². The standard InChI is InChI=1S/C21H31N3O5/c1-14(2)12-17(24(20(27)28)21(3,4)5)19(26)22-15-6-8-16(9-7-15)23-10-11-29-13-18(23)25/h6-9,14,17H,10-13H2,1-5H3,(H,22,26)(H,27,28)/t17-/m1/s1. The van der Waals surface area contributed by atoms with Gasteiger partial charge < -0.3 is 20.1 Å². The first-order chi connectivity index (χ1) is 13.5. The van der Waals surface area contributed by atoms with Crippen LogP contribution in [0.15, 0.2) is 24.3 Å². The Hall–Kier alpha value is -2.61. The molecular formula is C21H31N3O5. The summed E-state index contributed by atoms with van der Waals surface area (Å²) >= 11 is 0. The van der Waals surface area contributed by atoms with Crippen molar-refractivity contribution in [3.8, 4) is 0 Å². The second-order valence-electron chi connectivity index (χ2n) is 8.60. The quantitative estimate of drug-likeness (QED) is 0.757. The van der Waals surface area contributed by atoms with Crippen LogP contribution < -0.4 is 10.2 Å². The van der Waals surface area contributed by atoms with Gasteiger partial charge in [-0.15, -0.1) is 0 Å². The van der Waals surface area contributed by atoms with Gasteiger partial charge in [-0.2, -0.15) is 0 Å². The summed E-state index contributed by atoms with van der Waals surface area (Å²) in [6, 6.07) is 6.13. The second kappa shape index (κ2) is 9.26. The first kappa shape index (κ1) is 22.7. The minimum absolute atomic E-state index is 0.0627. The van der Waals surface area contributed by atoms with Gasteiger partial charge in [0.25, 0.3) is 5.91 Å². The number of hydrogen-bond donors (Lipinski definition) is 2. The lowest BCUT2D eigenvalue weighted by molar-refractivity contribution is -0.125. The number of morpholine rings is 1. The van der Waals surface area contributed by atoms with Crippen LogP contribution in [0.4, 0.5) is 16.2 Å². The SMILES string of the molecule is CC(C)C[C@H](C(=O)Nc1ccc(N2CCOCC2=O)cc1)N(C(=O)O)C(C)(C)C. The van der Waals surface area contributed by atoms with Gasteiger partial charge in [0.05, 0.1) is 6.61 Å². The lowest BCUT2D eigenvalue weighted by Crippen LogP contribution is -2.55. The summed E-state index contributed by atoms with van der Waals surface area (Å²) in [5, 5.41) is 12.5. The van der Waals surface area contributed by atoms with Gasteiger partial charge in [0.1, 0.15) is 12.6 Å². The number of carbonyl (C=O) groups excluding carboxylic acids is 2. The third kappa shape index (κ3) is 5.93. The molecule has 0 spiro atoms. The smallest absolute Gasteiger partial charge is 0.408 e. The van der Waals surface area contributed by atoms with Gasteiger partial charge in [-0.05, 0) is 57.4 Å². The van der Waals surface area contributed by atoms with E-state index in [2.05, 4.69) is 5.32 Å². The number of benzene rings is 1. The molecule has 1 atom stereocenters. The number of nitrogens with zero attached hydrogens (tertiary/aromatic N) is 2. The highest BCUT2D eigenvalue weighted by Gasteiger charge is 2.37. The van der Waals surface area contributed by atoms with E-state index in [0.717, 1.165) is 5.69 Å². The van der Waals surface area contributed by atoms with Crippen molar-refractivity contribution in [1.82, 2.24) is 4.90 Å². The van der Waals surface area contributed by atoms with Gasteiger partial charge in [0, 0.05) is 23.5 Å². The van der Waals surface area contributed by atoms with Crippen molar-refractivity contribution in [2.75, 3.05) is 30.0 Å². The van der Waals surface area contributed by atoms with Gasteiger partial charge in [-0.1, -0.05) is 13.8 Å². The van der Waals surface area contributed by atoms with Crippen molar-refractivity contribution in [2.45, 2.75) is 52.6 Å². The first-order valence-corrected chi connectivity index (χ1v) is 9.82. The molecule has 0 aromatic heterocycles. The molecule has 1 fully saturated rings. The van der Waals surface area contributed by atoms with E-state index in [1.165, 1.54) is 4.90 Å². The summed E-state index contributed by atoms with van der Waals surface area (Å²) in [7, 11) is 0. The lowest BCUT2D eigenvalue weighted by Gasteiger charge is -2.39. The molecule has 1 heterocycles. The summed E-state index contributed by atoms with van der Waals surface area (Å²) in [5.74, 6) is -0.330. The Balaban J connectivity index is 2.18. The molecule has 1 aromatic carbocycles. The molecule has 0 unspecified atom stereocenters. The molecular weight excluding hydrogens is 374 g/mol. The van der Waals surface area contributed by atoms with Gasteiger partial charge in [0.15, 0.2) is 0 Å². The fourth-order valence-electron chi connectivity index (χ4n) is 3.41.